The third kappa shape index (κ3) is 2.93. The van der Waals surface area contributed by atoms with E-state index in [0.717, 1.165) is 18.4 Å². The topological polar surface area (TPSA) is 85.8 Å². The molecular formula is C13H15N5OS. The first-order valence-corrected chi connectivity index (χ1v) is 7.29. The molecule has 0 unspecified atom stereocenters. The number of hydrogen-bond acceptors (Lipinski definition) is 5. The van der Waals surface area contributed by atoms with Gasteiger partial charge < -0.3 is 11.2 Å². The third-order valence-corrected chi connectivity index (χ3v) is 4.25. The largest absolute Gasteiger partial charge is 0.352 e. The Balaban J connectivity index is 1.82. The molecule has 1 fully saturated rings. The maximum absolute atomic E-state index is 12.4. The summed E-state index contributed by atoms with van der Waals surface area (Å²) in [5, 5.41) is 10.8. The first kappa shape index (κ1) is 13.0. The summed E-state index contributed by atoms with van der Waals surface area (Å²) in [6, 6.07) is 9.95. The number of carbonyl (C=O) groups is 1. The summed E-state index contributed by atoms with van der Waals surface area (Å²) in [6.07, 6.45) is 3.54. The average Bonchev–Trinajstić information content (AvgIpc) is 3.18. The summed E-state index contributed by atoms with van der Waals surface area (Å²) in [7, 11) is 0. The Labute approximate surface area is 120 Å². The standard InChI is InChI=1S/C13H15N5OS/c14-18-8-15-17-13(18)20-11(9-4-2-1-3-5-9)12(19)16-10-6-7-10/h1-5,8,10-11H,6-7,14H2,(H,16,19)/t11-/m1/s1. The molecule has 1 amide bonds. The molecule has 6 nitrogen and oxygen atoms in total. The zero-order valence-corrected chi connectivity index (χ0v) is 11.6. The molecule has 0 aliphatic heterocycles. The normalized spacial score (nSPS) is 15.8. The number of amides is 1. The maximum Gasteiger partial charge on any atom is 0.238 e. The lowest BCUT2D eigenvalue weighted by Gasteiger charge is -2.15. The number of nitrogens with two attached hydrogens (primary N) is 1. The predicted molar refractivity (Wildman–Crippen MR) is 76.4 cm³/mol. The van der Waals surface area contributed by atoms with Crippen molar-refractivity contribution < 1.29 is 4.79 Å². The smallest absolute Gasteiger partial charge is 0.238 e. The Hall–Kier alpha value is -2.02. The van der Waals surface area contributed by atoms with E-state index >= 15 is 0 Å². The Bertz CT molecular complexity index is 596. The van der Waals surface area contributed by atoms with Crippen LogP contribution in [0.5, 0.6) is 0 Å². The predicted octanol–water partition coefficient (Wildman–Crippen LogP) is 1.10. The fourth-order valence-corrected chi connectivity index (χ4v) is 2.77. The molecule has 1 aliphatic carbocycles. The van der Waals surface area contributed by atoms with Crippen LogP contribution in [-0.4, -0.2) is 26.8 Å². The lowest BCUT2D eigenvalue weighted by Crippen LogP contribution is -2.30. The van der Waals surface area contributed by atoms with E-state index in [4.69, 9.17) is 5.84 Å². The van der Waals surface area contributed by atoms with Gasteiger partial charge in [-0.25, -0.2) is 4.68 Å². The van der Waals surface area contributed by atoms with Crippen LogP contribution in [0.4, 0.5) is 0 Å². The van der Waals surface area contributed by atoms with Gasteiger partial charge in [0.05, 0.1) is 0 Å². The van der Waals surface area contributed by atoms with Crippen molar-refractivity contribution in [1.82, 2.24) is 20.2 Å². The molecule has 20 heavy (non-hydrogen) atoms. The summed E-state index contributed by atoms with van der Waals surface area (Å²) < 4.78 is 1.32. The molecule has 1 saturated carbocycles. The Morgan fingerprint density at radius 2 is 2.15 bits per heavy atom. The minimum atomic E-state index is -0.372. The molecule has 3 rings (SSSR count). The molecule has 1 aliphatic rings. The first-order chi connectivity index (χ1) is 9.74. The summed E-state index contributed by atoms with van der Waals surface area (Å²) in [4.78, 5) is 12.4. The van der Waals surface area contributed by atoms with Crippen LogP contribution in [0.15, 0.2) is 41.8 Å². The summed E-state index contributed by atoms with van der Waals surface area (Å²) in [5.41, 5.74) is 0.929. The number of aromatic nitrogens is 3. The van der Waals surface area contributed by atoms with Gasteiger partial charge in [-0.15, -0.1) is 10.2 Å². The van der Waals surface area contributed by atoms with Crippen LogP contribution >= 0.6 is 11.8 Å². The van der Waals surface area contributed by atoms with Gasteiger partial charge in [-0.3, -0.25) is 4.79 Å². The van der Waals surface area contributed by atoms with Crippen molar-refractivity contribution in [3.8, 4) is 0 Å². The van der Waals surface area contributed by atoms with Crippen LogP contribution < -0.4 is 11.2 Å². The van der Waals surface area contributed by atoms with E-state index in [1.165, 1.54) is 22.8 Å². The third-order valence-electron chi connectivity index (χ3n) is 3.03. The van der Waals surface area contributed by atoms with E-state index in [0.29, 0.717) is 11.2 Å². The van der Waals surface area contributed by atoms with Gasteiger partial charge in [0, 0.05) is 6.04 Å². The Kier molecular flexibility index (Phi) is 3.60. The molecule has 1 atom stereocenters. The van der Waals surface area contributed by atoms with E-state index in [9.17, 15) is 4.79 Å². The van der Waals surface area contributed by atoms with Gasteiger partial charge >= 0.3 is 0 Å². The van der Waals surface area contributed by atoms with E-state index in [1.807, 2.05) is 30.3 Å². The molecule has 1 heterocycles. The molecule has 0 spiro atoms. The number of hydrogen-bond donors (Lipinski definition) is 2. The van der Waals surface area contributed by atoms with E-state index in [1.54, 1.807) is 0 Å². The fraction of sp³-hybridized carbons (Fsp3) is 0.308. The number of rotatable bonds is 5. The lowest BCUT2D eigenvalue weighted by atomic mass is 10.1. The number of nitrogen functional groups attached to an aromatic ring is 1. The van der Waals surface area contributed by atoms with Crippen LogP contribution in [0.2, 0.25) is 0 Å². The molecule has 104 valence electrons. The van der Waals surface area contributed by atoms with Gasteiger partial charge in [0.2, 0.25) is 11.1 Å². The molecular weight excluding hydrogens is 274 g/mol. The fourth-order valence-electron chi connectivity index (χ4n) is 1.83. The molecule has 7 heteroatoms. The lowest BCUT2D eigenvalue weighted by molar-refractivity contribution is -0.120. The monoisotopic (exact) mass is 289 g/mol. The van der Waals surface area contributed by atoms with Crippen molar-refractivity contribution >= 4 is 17.7 Å². The number of nitrogens with zero attached hydrogens (tertiary/aromatic N) is 3. The van der Waals surface area contributed by atoms with Gasteiger partial charge in [0.1, 0.15) is 11.6 Å². The number of benzene rings is 1. The van der Waals surface area contributed by atoms with Crippen molar-refractivity contribution in [3.63, 3.8) is 0 Å². The Morgan fingerprint density at radius 3 is 2.75 bits per heavy atom. The van der Waals surface area contributed by atoms with Crippen LogP contribution in [0, 0.1) is 0 Å². The van der Waals surface area contributed by atoms with Crippen LogP contribution in [0.25, 0.3) is 0 Å². The van der Waals surface area contributed by atoms with E-state index in [2.05, 4.69) is 15.5 Å². The molecule has 0 saturated heterocycles. The van der Waals surface area contributed by atoms with Gasteiger partial charge in [-0.2, -0.15) is 0 Å². The van der Waals surface area contributed by atoms with Crippen LogP contribution in [0.1, 0.15) is 23.7 Å². The van der Waals surface area contributed by atoms with Crippen molar-refractivity contribution in [2.45, 2.75) is 29.3 Å². The summed E-state index contributed by atoms with van der Waals surface area (Å²) in [5.74, 6) is 5.71. The number of nitrogens with one attached hydrogen (secondary N) is 1. The highest BCUT2D eigenvalue weighted by Gasteiger charge is 2.30. The summed E-state index contributed by atoms with van der Waals surface area (Å²) >= 11 is 1.31. The molecule has 1 aromatic heterocycles. The van der Waals surface area contributed by atoms with Gasteiger partial charge in [0.15, 0.2) is 0 Å². The second-order valence-electron chi connectivity index (χ2n) is 4.71. The second-order valence-corrected chi connectivity index (χ2v) is 5.78. The quantitative estimate of drug-likeness (QED) is 0.636. The minimum Gasteiger partial charge on any atom is -0.352 e. The van der Waals surface area contributed by atoms with Crippen molar-refractivity contribution in [1.29, 1.82) is 0 Å². The highest BCUT2D eigenvalue weighted by molar-refractivity contribution is 8.00. The molecule has 0 bridgehead atoms. The van der Waals surface area contributed by atoms with Crippen molar-refractivity contribution in [2.75, 3.05) is 5.84 Å². The second kappa shape index (κ2) is 5.54. The molecule has 3 N–H and O–H groups in total. The van der Waals surface area contributed by atoms with Gasteiger partial charge in [-0.05, 0) is 18.4 Å². The minimum absolute atomic E-state index is 0.00769. The molecule has 1 aromatic carbocycles. The molecule has 0 radical (unpaired) electrons. The highest BCUT2D eigenvalue weighted by atomic mass is 32.2. The highest BCUT2D eigenvalue weighted by Crippen LogP contribution is 2.34. The maximum atomic E-state index is 12.4. The van der Waals surface area contributed by atoms with Gasteiger partial charge in [0.25, 0.3) is 0 Å². The van der Waals surface area contributed by atoms with E-state index in [-0.39, 0.29) is 11.2 Å². The number of carbonyl (C=O) groups excluding carboxylic acids is 1. The zero-order chi connectivity index (χ0) is 13.9. The average molecular weight is 289 g/mol. The molecule has 2 aromatic rings. The van der Waals surface area contributed by atoms with Gasteiger partial charge in [-0.1, -0.05) is 42.1 Å². The van der Waals surface area contributed by atoms with E-state index < -0.39 is 0 Å². The SMILES string of the molecule is Nn1cnnc1S[C@@H](C(=O)NC1CC1)c1ccccc1. The van der Waals surface area contributed by atoms with Crippen molar-refractivity contribution in [3.05, 3.63) is 42.2 Å². The van der Waals surface area contributed by atoms with Crippen LogP contribution in [-0.2, 0) is 4.79 Å². The Morgan fingerprint density at radius 1 is 1.40 bits per heavy atom. The first-order valence-electron chi connectivity index (χ1n) is 6.41. The van der Waals surface area contributed by atoms with Crippen molar-refractivity contribution in [2.24, 2.45) is 0 Å². The van der Waals surface area contributed by atoms with Crippen LogP contribution in [0.3, 0.4) is 0 Å². The summed E-state index contributed by atoms with van der Waals surface area (Å²) in [6.45, 7) is 0. The zero-order valence-electron chi connectivity index (χ0n) is 10.8. The number of thioether (sulfide) groups is 1.